The predicted octanol–water partition coefficient (Wildman–Crippen LogP) is 0.900. The van der Waals surface area contributed by atoms with Crippen LogP contribution in [0.4, 0.5) is 0 Å². The molecule has 0 aromatic rings. The molecule has 0 aromatic carbocycles. The van der Waals surface area contributed by atoms with Gasteiger partial charge in [0.2, 0.25) is 11.5 Å². The van der Waals surface area contributed by atoms with E-state index in [0.29, 0.717) is 6.42 Å². The molecule has 0 bridgehead atoms. The summed E-state index contributed by atoms with van der Waals surface area (Å²) in [6.07, 6.45) is 4.32. The second kappa shape index (κ2) is 5.81. The number of carboxylic acid groups (broad SMARTS) is 2. The van der Waals surface area contributed by atoms with Gasteiger partial charge in [0.15, 0.2) is 6.10 Å². The number of ether oxygens (including phenoxy) is 1. The Hall–Kier alpha value is -2.37. The van der Waals surface area contributed by atoms with Crippen LogP contribution in [0.1, 0.15) is 13.3 Å². The monoisotopic (exact) mass is 252 g/mol. The molecular formula is C12H12O6. The molecular weight excluding hydrogens is 240 g/mol. The summed E-state index contributed by atoms with van der Waals surface area (Å²) in [4.78, 5) is 33.3. The van der Waals surface area contributed by atoms with Crippen LogP contribution in [0.15, 0.2) is 35.6 Å². The maximum absolute atomic E-state index is 11.7. The number of carboxylic acids is 2. The molecule has 0 spiro atoms. The summed E-state index contributed by atoms with van der Waals surface area (Å²) in [7, 11) is 0. The van der Waals surface area contributed by atoms with Gasteiger partial charge < -0.3 is 14.9 Å². The van der Waals surface area contributed by atoms with E-state index < -0.39 is 29.4 Å². The van der Waals surface area contributed by atoms with Crippen LogP contribution in [0.3, 0.4) is 0 Å². The number of allylic oxidation sites excluding steroid dienone is 3. The average molecular weight is 252 g/mol. The van der Waals surface area contributed by atoms with Crippen LogP contribution in [0.25, 0.3) is 0 Å². The van der Waals surface area contributed by atoms with Gasteiger partial charge in [0.1, 0.15) is 5.57 Å². The molecule has 18 heavy (non-hydrogen) atoms. The first-order chi connectivity index (χ1) is 8.47. The molecule has 0 aliphatic heterocycles. The minimum atomic E-state index is -1.37. The van der Waals surface area contributed by atoms with Gasteiger partial charge in [-0.05, 0) is 24.6 Å². The first-order valence-corrected chi connectivity index (χ1v) is 5.23. The minimum absolute atomic E-state index is 0.368. The summed E-state index contributed by atoms with van der Waals surface area (Å²) in [5.41, 5.74) is -0.427. The van der Waals surface area contributed by atoms with Crippen LogP contribution >= 0.6 is 0 Å². The van der Waals surface area contributed by atoms with Crippen molar-refractivity contribution in [2.45, 2.75) is 19.4 Å². The van der Waals surface area contributed by atoms with Gasteiger partial charge in [0.05, 0.1) is 0 Å². The highest BCUT2D eigenvalue weighted by atomic mass is 16.5. The molecule has 0 heterocycles. The quantitative estimate of drug-likeness (QED) is 0.428. The van der Waals surface area contributed by atoms with E-state index in [1.807, 2.05) is 0 Å². The highest BCUT2D eigenvalue weighted by Gasteiger charge is 2.29. The average Bonchev–Trinajstić information content (AvgIpc) is 2.30. The van der Waals surface area contributed by atoms with E-state index in [1.165, 1.54) is 18.2 Å². The smallest absolute Gasteiger partial charge is 0.370 e. The SMILES string of the molecule is CC/C=C(\OC1C=CC=C(C(=O)O)C1=O)C(=O)O. The number of hydrogen-bond donors (Lipinski definition) is 2. The molecule has 0 saturated heterocycles. The molecule has 6 heteroatoms. The topological polar surface area (TPSA) is 101 Å². The Bertz CT molecular complexity index is 469. The van der Waals surface area contributed by atoms with Crippen molar-refractivity contribution in [2.24, 2.45) is 0 Å². The van der Waals surface area contributed by atoms with Crippen molar-refractivity contribution in [3.8, 4) is 0 Å². The van der Waals surface area contributed by atoms with Crippen molar-refractivity contribution < 1.29 is 29.3 Å². The normalized spacial score (nSPS) is 19.4. The van der Waals surface area contributed by atoms with E-state index in [4.69, 9.17) is 14.9 Å². The number of carbonyl (C=O) groups excluding carboxylic acids is 1. The van der Waals surface area contributed by atoms with Crippen molar-refractivity contribution in [3.63, 3.8) is 0 Å². The third kappa shape index (κ3) is 3.07. The van der Waals surface area contributed by atoms with Gasteiger partial charge in [-0.3, -0.25) is 4.79 Å². The fourth-order valence-electron chi connectivity index (χ4n) is 1.35. The number of aliphatic carboxylic acids is 2. The summed E-state index contributed by atoms with van der Waals surface area (Å²) in [6, 6.07) is 0. The molecule has 1 aliphatic rings. The van der Waals surface area contributed by atoms with Gasteiger partial charge in [0, 0.05) is 0 Å². The molecule has 1 unspecified atom stereocenters. The van der Waals surface area contributed by atoms with Gasteiger partial charge in [0.25, 0.3) is 0 Å². The van der Waals surface area contributed by atoms with Gasteiger partial charge >= 0.3 is 11.9 Å². The second-order valence-electron chi connectivity index (χ2n) is 3.45. The van der Waals surface area contributed by atoms with E-state index in [2.05, 4.69) is 0 Å². The van der Waals surface area contributed by atoms with Crippen LogP contribution in [0.2, 0.25) is 0 Å². The molecule has 1 rings (SSSR count). The van der Waals surface area contributed by atoms with Gasteiger partial charge in [-0.2, -0.15) is 0 Å². The molecule has 2 N–H and O–H groups in total. The van der Waals surface area contributed by atoms with Gasteiger partial charge in [-0.1, -0.05) is 13.0 Å². The maximum Gasteiger partial charge on any atom is 0.370 e. The molecule has 0 fully saturated rings. The largest absolute Gasteiger partial charge is 0.478 e. The van der Waals surface area contributed by atoms with Crippen LogP contribution < -0.4 is 0 Å². The van der Waals surface area contributed by atoms with Crippen LogP contribution in [-0.2, 0) is 19.1 Å². The fraction of sp³-hybridized carbons (Fsp3) is 0.250. The van der Waals surface area contributed by atoms with Gasteiger partial charge in [-0.15, -0.1) is 0 Å². The molecule has 0 saturated carbocycles. The second-order valence-corrected chi connectivity index (χ2v) is 3.45. The third-order valence-corrected chi connectivity index (χ3v) is 2.16. The molecule has 1 atom stereocenters. The Morgan fingerprint density at radius 1 is 1.44 bits per heavy atom. The summed E-state index contributed by atoms with van der Waals surface area (Å²) < 4.78 is 5.01. The van der Waals surface area contributed by atoms with Crippen molar-refractivity contribution in [3.05, 3.63) is 35.6 Å². The Morgan fingerprint density at radius 2 is 2.11 bits per heavy atom. The van der Waals surface area contributed by atoms with E-state index in [1.54, 1.807) is 6.92 Å². The van der Waals surface area contributed by atoms with Crippen molar-refractivity contribution in [1.29, 1.82) is 0 Å². The summed E-state index contributed by atoms with van der Waals surface area (Å²) in [5.74, 6) is -3.81. The number of carbonyl (C=O) groups is 3. The Balaban J connectivity index is 2.88. The highest BCUT2D eigenvalue weighted by Crippen LogP contribution is 2.15. The number of Topliss-reactive ketones (excluding diaryl/α,β-unsaturated/α-hetero) is 1. The minimum Gasteiger partial charge on any atom is -0.478 e. The van der Waals surface area contributed by atoms with E-state index >= 15 is 0 Å². The fourth-order valence-corrected chi connectivity index (χ4v) is 1.35. The van der Waals surface area contributed by atoms with Crippen molar-refractivity contribution in [1.82, 2.24) is 0 Å². The number of ketones is 1. The molecule has 0 aromatic heterocycles. The lowest BCUT2D eigenvalue weighted by Crippen LogP contribution is -2.30. The van der Waals surface area contributed by atoms with Gasteiger partial charge in [-0.25, -0.2) is 9.59 Å². The van der Waals surface area contributed by atoms with Crippen molar-refractivity contribution >= 4 is 17.7 Å². The van der Waals surface area contributed by atoms with E-state index in [-0.39, 0.29) is 5.76 Å². The number of hydrogen-bond acceptors (Lipinski definition) is 4. The molecule has 0 radical (unpaired) electrons. The first-order valence-electron chi connectivity index (χ1n) is 5.23. The summed E-state index contributed by atoms with van der Waals surface area (Å²) in [5, 5.41) is 17.6. The van der Waals surface area contributed by atoms with E-state index in [9.17, 15) is 14.4 Å². The standard InChI is InChI=1S/C12H12O6/c1-2-4-9(12(16)17)18-8-6-3-5-7(10(8)13)11(14)15/h3-6,8H,2H2,1H3,(H,14,15)(H,16,17)/b9-4-. The van der Waals surface area contributed by atoms with Crippen LogP contribution in [0, 0.1) is 0 Å². The zero-order valence-electron chi connectivity index (χ0n) is 9.62. The number of rotatable bonds is 5. The summed E-state index contributed by atoms with van der Waals surface area (Å²) in [6.45, 7) is 1.72. The predicted molar refractivity (Wildman–Crippen MR) is 60.7 cm³/mol. The lowest BCUT2D eigenvalue weighted by atomic mass is 10.0. The summed E-state index contributed by atoms with van der Waals surface area (Å²) >= 11 is 0. The van der Waals surface area contributed by atoms with E-state index in [0.717, 1.165) is 6.08 Å². The lowest BCUT2D eigenvalue weighted by molar-refractivity contribution is -0.139. The third-order valence-electron chi connectivity index (χ3n) is 2.16. The van der Waals surface area contributed by atoms with Crippen molar-refractivity contribution in [2.75, 3.05) is 0 Å². The first kappa shape index (κ1) is 13.7. The maximum atomic E-state index is 11.7. The Kier molecular flexibility index (Phi) is 4.42. The zero-order chi connectivity index (χ0) is 13.7. The zero-order valence-corrected chi connectivity index (χ0v) is 9.62. The molecule has 1 aliphatic carbocycles. The highest BCUT2D eigenvalue weighted by molar-refractivity contribution is 6.19. The van der Waals surface area contributed by atoms with Crippen LogP contribution in [0.5, 0.6) is 0 Å². The van der Waals surface area contributed by atoms with Crippen LogP contribution in [-0.4, -0.2) is 34.0 Å². The molecule has 0 amide bonds. The lowest BCUT2D eigenvalue weighted by Gasteiger charge is -2.17. The molecule has 6 nitrogen and oxygen atoms in total. The Morgan fingerprint density at radius 3 is 2.61 bits per heavy atom. The Labute approximate surface area is 103 Å². The molecule has 96 valence electrons.